The first-order chi connectivity index (χ1) is 7.79. The van der Waals surface area contributed by atoms with Gasteiger partial charge in [0.25, 0.3) is 0 Å². The van der Waals surface area contributed by atoms with Crippen LogP contribution in [0.2, 0.25) is 0 Å². The maximum Gasteiger partial charge on any atom is 0.129 e. The van der Waals surface area contributed by atoms with Gasteiger partial charge in [-0.3, -0.25) is 0 Å². The summed E-state index contributed by atoms with van der Waals surface area (Å²) in [7, 11) is 0. The smallest absolute Gasteiger partial charge is 0.129 e. The van der Waals surface area contributed by atoms with Gasteiger partial charge in [-0.25, -0.2) is 4.39 Å². The Balaban J connectivity index is 1.93. The number of halogens is 1. The molecule has 0 aliphatic heterocycles. The van der Waals surface area contributed by atoms with E-state index in [0.29, 0.717) is 24.8 Å². The summed E-state index contributed by atoms with van der Waals surface area (Å²) in [5.41, 5.74) is 6.89. The Bertz CT molecular complexity index is 348. The second-order valence-corrected chi connectivity index (χ2v) is 4.35. The molecular weight excluding hydrogens is 205 g/mol. The lowest BCUT2D eigenvalue weighted by molar-refractivity contribution is 0.0441. The van der Waals surface area contributed by atoms with E-state index in [0.717, 1.165) is 18.4 Å². The van der Waals surface area contributed by atoms with E-state index < -0.39 is 0 Å². The Morgan fingerprint density at radius 1 is 1.31 bits per heavy atom. The highest BCUT2D eigenvalue weighted by molar-refractivity contribution is 5.23. The van der Waals surface area contributed by atoms with Crippen molar-refractivity contribution in [1.29, 1.82) is 0 Å². The highest BCUT2D eigenvalue weighted by Gasteiger charge is 2.15. The third-order valence-electron chi connectivity index (χ3n) is 3.13. The molecule has 2 nitrogen and oxygen atoms in total. The van der Waals surface area contributed by atoms with Crippen molar-refractivity contribution in [2.75, 3.05) is 0 Å². The Kier molecular flexibility index (Phi) is 3.91. The van der Waals surface area contributed by atoms with E-state index in [1.54, 1.807) is 6.07 Å². The molecule has 0 radical (unpaired) electrons. The summed E-state index contributed by atoms with van der Waals surface area (Å²) in [5.74, 6) is -0.207. The highest BCUT2D eigenvalue weighted by atomic mass is 19.1. The number of ether oxygens (including phenoxy) is 1. The predicted octanol–water partition coefficient (Wildman–Crippen LogP) is 2.74. The van der Waals surface area contributed by atoms with E-state index >= 15 is 0 Å². The number of benzene rings is 1. The van der Waals surface area contributed by atoms with Crippen LogP contribution in [0.25, 0.3) is 0 Å². The van der Waals surface area contributed by atoms with Gasteiger partial charge in [-0.15, -0.1) is 0 Å². The van der Waals surface area contributed by atoms with E-state index in [1.807, 2.05) is 6.07 Å². The van der Waals surface area contributed by atoms with Gasteiger partial charge in [0, 0.05) is 12.1 Å². The summed E-state index contributed by atoms with van der Waals surface area (Å²) >= 11 is 0. The fraction of sp³-hybridized carbons (Fsp3) is 0.538. The van der Waals surface area contributed by atoms with Crippen LogP contribution in [-0.4, -0.2) is 6.10 Å². The van der Waals surface area contributed by atoms with Crippen molar-refractivity contribution < 1.29 is 9.13 Å². The van der Waals surface area contributed by atoms with Crippen molar-refractivity contribution >= 4 is 0 Å². The lowest BCUT2D eigenvalue weighted by Gasteiger charge is -2.11. The maximum absolute atomic E-state index is 13.6. The van der Waals surface area contributed by atoms with Gasteiger partial charge in [-0.2, -0.15) is 0 Å². The lowest BCUT2D eigenvalue weighted by Crippen LogP contribution is -2.08. The molecule has 1 aromatic carbocycles. The second-order valence-electron chi connectivity index (χ2n) is 4.35. The van der Waals surface area contributed by atoms with Crippen LogP contribution in [0.4, 0.5) is 4.39 Å². The molecule has 1 fully saturated rings. The van der Waals surface area contributed by atoms with E-state index in [2.05, 4.69) is 0 Å². The van der Waals surface area contributed by atoms with Crippen molar-refractivity contribution in [3.05, 3.63) is 35.1 Å². The molecule has 1 aromatic rings. The first-order valence-corrected chi connectivity index (χ1v) is 5.88. The third-order valence-corrected chi connectivity index (χ3v) is 3.13. The minimum absolute atomic E-state index is 0.207. The van der Waals surface area contributed by atoms with E-state index in [-0.39, 0.29) is 5.82 Å². The van der Waals surface area contributed by atoms with Gasteiger partial charge in [-0.05, 0) is 24.5 Å². The first kappa shape index (κ1) is 11.6. The van der Waals surface area contributed by atoms with Gasteiger partial charge in [0.15, 0.2) is 0 Å². The largest absolute Gasteiger partial charge is 0.373 e. The molecule has 0 aromatic heterocycles. The van der Waals surface area contributed by atoms with Crippen molar-refractivity contribution in [2.45, 2.75) is 44.9 Å². The van der Waals surface area contributed by atoms with Crippen molar-refractivity contribution in [3.8, 4) is 0 Å². The fourth-order valence-electron chi connectivity index (χ4n) is 2.10. The zero-order valence-electron chi connectivity index (χ0n) is 9.42. The summed E-state index contributed by atoms with van der Waals surface area (Å²) in [6.07, 6.45) is 5.03. The van der Waals surface area contributed by atoms with Crippen LogP contribution >= 0.6 is 0 Å². The van der Waals surface area contributed by atoms with Gasteiger partial charge in [0.05, 0.1) is 12.7 Å². The van der Waals surface area contributed by atoms with Crippen LogP contribution in [0.3, 0.4) is 0 Å². The van der Waals surface area contributed by atoms with Gasteiger partial charge >= 0.3 is 0 Å². The molecule has 88 valence electrons. The van der Waals surface area contributed by atoms with Crippen LogP contribution < -0.4 is 5.73 Å². The normalized spacial score (nSPS) is 16.9. The standard InChI is InChI=1S/C13H18FNO/c14-13-7-10(8-15)5-6-11(13)9-16-12-3-1-2-4-12/h5-7,12H,1-4,8-9,15H2. The predicted molar refractivity (Wildman–Crippen MR) is 61.3 cm³/mol. The molecule has 2 N–H and O–H groups in total. The van der Waals surface area contributed by atoms with Crippen molar-refractivity contribution in [1.82, 2.24) is 0 Å². The van der Waals surface area contributed by atoms with Crippen LogP contribution in [0, 0.1) is 5.82 Å². The van der Waals surface area contributed by atoms with E-state index in [9.17, 15) is 4.39 Å². The number of rotatable bonds is 4. The Morgan fingerprint density at radius 2 is 2.06 bits per heavy atom. The minimum Gasteiger partial charge on any atom is -0.373 e. The number of nitrogens with two attached hydrogens (primary N) is 1. The number of hydrogen-bond donors (Lipinski definition) is 1. The van der Waals surface area contributed by atoms with Gasteiger partial charge in [-0.1, -0.05) is 25.0 Å². The summed E-state index contributed by atoms with van der Waals surface area (Å²) in [6, 6.07) is 5.12. The molecule has 0 amide bonds. The zero-order valence-corrected chi connectivity index (χ0v) is 9.42. The number of hydrogen-bond acceptors (Lipinski definition) is 2. The molecule has 0 spiro atoms. The molecule has 0 heterocycles. The van der Waals surface area contributed by atoms with Crippen LogP contribution in [-0.2, 0) is 17.9 Å². The van der Waals surface area contributed by atoms with E-state index in [1.165, 1.54) is 18.9 Å². The topological polar surface area (TPSA) is 35.2 Å². The van der Waals surface area contributed by atoms with Gasteiger partial charge in [0.1, 0.15) is 5.82 Å². The molecule has 0 saturated heterocycles. The van der Waals surface area contributed by atoms with Gasteiger partial charge in [0.2, 0.25) is 0 Å². The van der Waals surface area contributed by atoms with Crippen LogP contribution in [0.1, 0.15) is 36.8 Å². The van der Waals surface area contributed by atoms with Gasteiger partial charge < -0.3 is 10.5 Å². The SMILES string of the molecule is NCc1ccc(COC2CCCC2)c(F)c1. The summed E-state index contributed by atoms with van der Waals surface area (Å²) < 4.78 is 19.2. The molecule has 0 unspecified atom stereocenters. The molecule has 3 heteroatoms. The average molecular weight is 223 g/mol. The minimum atomic E-state index is -0.207. The highest BCUT2D eigenvalue weighted by Crippen LogP contribution is 2.22. The summed E-state index contributed by atoms with van der Waals surface area (Å²) in [4.78, 5) is 0. The lowest BCUT2D eigenvalue weighted by atomic mass is 10.1. The summed E-state index contributed by atoms with van der Waals surface area (Å²) in [6.45, 7) is 0.752. The van der Waals surface area contributed by atoms with E-state index in [4.69, 9.17) is 10.5 Å². The molecule has 1 aliphatic carbocycles. The molecule has 16 heavy (non-hydrogen) atoms. The van der Waals surface area contributed by atoms with Crippen molar-refractivity contribution in [3.63, 3.8) is 0 Å². The first-order valence-electron chi connectivity index (χ1n) is 5.88. The molecule has 0 atom stereocenters. The molecule has 1 aliphatic rings. The van der Waals surface area contributed by atoms with Crippen molar-refractivity contribution in [2.24, 2.45) is 5.73 Å². The Hall–Kier alpha value is -0.930. The molecule has 1 saturated carbocycles. The molecule has 0 bridgehead atoms. The molecule has 2 rings (SSSR count). The third kappa shape index (κ3) is 2.80. The Labute approximate surface area is 95.6 Å². The quantitative estimate of drug-likeness (QED) is 0.851. The zero-order chi connectivity index (χ0) is 11.4. The Morgan fingerprint density at radius 3 is 2.69 bits per heavy atom. The van der Waals surface area contributed by atoms with Crippen LogP contribution in [0.15, 0.2) is 18.2 Å². The fourth-order valence-corrected chi connectivity index (χ4v) is 2.10. The van der Waals surface area contributed by atoms with Crippen LogP contribution in [0.5, 0.6) is 0 Å². The maximum atomic E-state index is 13.6. The summed E-state index contributed by atoms with van der Waals surface area (Å²) in [5, 5.41) is 0. The second kappa shape index (κ2) is 5.41. The molecular formula is C13H18FNO. The monoisotopic (exact) mass is 223 g/mol. The average Bonchev–Trinajstić information content (AvgIpc) is 2.80.